The number of anilines is 1. The lowest BCUT2D eigenvalue weighted by atomic mass is 10.3. The summed E-state index contributed by atoms with van der Waals surface area (Å²) in [6.45, 7) is 2.67. The van der Waals surface area contributed by atoms with Crippen LogP contribution in [0.4, 0.5) is 10.1 Å². The lowest BCUT2D eigenvalue weighted by Gasteiger charge is -2.06. The molecule has 1 heterocycles. The largest absolute Gasteiger partial charge is 0.464 e. The van der Waals surface area contributed by atoms with Gasteiger partial charge in [0.15, 0.2) is 0 Å². The number of nitrogens with one attached hydrogen (secondary N) is 1. The third kappa shape index (κ3) is 3.21. The monoisotopic (exact) mass is 345 g/mol. The summed E-state index contributed by atoms with van der Waals surface area (Å²) in [6.07, 6.45) is 0.897. The van der Waals surface area contributed by atoms with Crippen LogP contribution in [0.25, 0.3) is 0 Å². The van der Waals surface area contributed by atoms with Crippen molar-refractivity contribution in [3.8, 4) is 0 Å². The van der Waals surface area contributed by atoms with Gasteiger partial charge < -0.3 is 9.73 Å². The zero-order chi connectivity index (χ0) is 12.3. The molecule has 1 aromatic heterocycles. The van der Waals surface area contributed by atoms with Crippen molar-refractivity contribution in [2.45, 2.75) is 19.9 Å². The smallest absolute Gasteiger partial charge is 0.124 e. The molecule has 0 aliphatic rings. The Kier molecular flexibility index (Phi) is 4.04. The molecule has 90 valence electrons. The molecule has 17 heavy (non-hydrogen) atoms. The molecule has 0 spiro atoms. The zero-order valence-corrected chi connectivity index (χ0v) is 11.6. The Hall–Kier alpha value is -1.04. The normalized spacial score (nSPS) is 10.5. The molecule has 0 saturated heterocycles. The maximum Gasteiger partial charge on any atom is 0.124 e. The topological polar surface area (TPSA) is 25.2 Å². The fraction of sp³-hybridized carbons (Fsp3) is 0.231. The predicted octanol–water partition coefficient (Wildman–Crippen LogP) is 4.20. The number of hydrogen-bond donors (Lipinski definition) is 1. The molecular formula is C13H13FINO. The Labute approximate surface area is 113 Å². The number of hydrogen-bond acceptors (Lipinski definition) is 2. The summed E-state index contributed by atoms with van der Waals surface area (Å²) >= 11 is 2.11. The number of furan rings is 1. The van der Waals surface area contributed by atoms with E-state index in [9.17, 15) is 4.39 Å². The second-order valence-electron chi connectivity index (χ2n) is 3.70. The van der Waals surface area contributed by atoms with Crippen LogP contribution >= 0.6 is 22.6 Å². The van der Waals surface area contributed by atoms with Gasteiger partial charge in [0, 0.05) is 15.7 Å². The predicted molar refractivity (Wildman–Crippen MR) is 74.5 cm³/mol. The minimum atomic E-state index is -0.216. The Balaban J connectivity index is 2.02. The van der Waals surface area contributed by atoms with E-state index in [1.54, 1.807) is 6.07 Å². The fourth-order valence-corrected chi connectivity index (χ4v) is 2.19. The van der Waals surface area contributed by atoms with Crippen LogP contribution in [-0.4, -0.2) is 0 Å². The highest BCUT2D eigenvalue weighted by Gasteiger charge is 2.03. The first kappa shape index (κ1) is 12.4. The van der Waals surface area contributed by atoms with Crippen LogP contribution in [-0.2, 0) is 13.0 Å². The molecule has 4 heteroatoms. The first-order chi connectivity index (χ1) is 8.19. The van der Waals surface area contributed by atoms with Gasteiger partial charge in [-0.1, -0.05) is 6.92 Å². The number of benzene rings is 1. The molecule has 2 aromatic rings. The summed E-state index contributed by atoms with van der Waals surface area (Å²) in [7, 11) is 0. The van der Waals surface area contributed by atoms with Crippen LogP contribution in [0.1, 0.15) is 18.4 Å². The van der Waals surface area contributed by atoms with E-state index in [-0.39, 0.29) is 5.82 Å². The van der Waals surface area contributed by atoms with Crippen molar-refractivity contribution < 1.29 is 8.81 Å². The average Bonchev–Trinajstić information content (AvgIpc) is 2.76. The van der Waals surface area contributed by atoms with Gasteiger partial charge in [-0.25, -0.2) is 4.39 Å². The molecular weight excluding hydrogens is 332 g/mol. The minimum Gasteiger partial charge on any atom is -0.464 e. The van der Waals surface area contributed by atoms with Gasteiger partial charge in [-0.15, -0.1) is 0 Å². The van der Waals surface area contributed by atoms with Crippen LogP contribution in [0.5, 0.6) is 0 Å². The van der Waals surface area contributed by atoms with Crippen LogP contribution < -0.4 is 5.32 Å². The Morgan fingerprint density at radius 3 is 2.65 bits per heavy atom. The SMILES string of the molecule is CCc1ccc(CNc2ccc(F)cc2I)o1. The summed E-state index contributed by atoms with van der Waals surface area (Å²) in [5.74, 6) is 1.66. The summed E-state index contributed by atoms with van der Waals surface area (Å²) in [6, 6.07) is 8.63. The molecule has 0 atom stereocenters. The molecule has 0 saturated carbocycles. The summed E-state index contributed by atoms with van der Waals surface area (Å²) in [5.41, 5.74) is 0.918. The van der Waals surface area contributed by atoms with E-state index < -0.39 is 0 Å². The third-order valence-electron chi connectivity index (χ3n) is 2.45. The molecule has 0 unspecified atom stereocenters. The van der Waals surface area contributed by atoms with Crippen molar-refractivity contribution >= 4 is 28.3 Å². The van der Waals surface area contributed by atoms with Gasteiger partial charge in [0.25, 0.3) is 0 Å². The summed E-state index contributed by atoms with van der Waals surface area (Å²) in [5, 5.41) is 3.23. The fourth-order valence-electron chi connectivity index (χ4n) is 1.52. The summed E-state index contributed by atoms with van der Waals surface area (Å²) in [4.78, 5) is 0. The molecule has 1 N–H and O–H groups in total. The van der Waals surface area contributed by atoms with E-state index in [1.165, 1.54) is 12.1 Å². The number of rotatable bonds is 4. The van der Waals surface area contributed by atoms with Crippen LogP contribution in [0, 0.1) is 9.39 Å². The van der Waals surface area contributed by atoms with Gasteiger partial charge in [0.05, 0.1) is 6.54 Å². The zero-order valence-electron chi connectivity index (χ0n) is 9.47. The maximum atomic E-state index is 12.9. The molecule has 1 aromatic carbocycles. The first-order valence-corrected chi connectivity index (χ1v) is 6.53. The lowest BCUT2D eigenvalue weighted by Crippen LogP contribution is -2.00. The van der Waals surface area contributed by atoms with Crippen molar-refractivity contribution in [1.29, 1.82) is 0 Å². The quantitative estimate of drug-likeness (QED) is 0.841. The molecule has 0 fully saturated rings. The van der Waals surface area contributed by atoms with Crippen molar-refractivity contribution in [3.63, 3.8) is 0 Å². The van der Waals surface area contributed by atoms with Gasteiger partial charge in [0.1, 0.15) is 17.3 Å². The number of halogens is 2. The van der Waals surface area contributed by atoms with Crippen LogP contribution in [0.2, 0.25) is 0 Å². The molecule has 2 rings (SSSR count). The highest BCUT2D eigenvalue weighted by Crippen LogP contribution is 2.20. The van der Waals surface area contributed by atoms with E-state index in [0.717, 1.165) is 27.2 Å². The maximum absolute atomic E-state index is 12.9. The average molecular weight is 345 g/mol. The van der Waals surface area contributed by atoms with Crippen LogP contribution in [0.15, 0.2) is 34.7 Å². The van der Waals surface area contributed by atoms with Crippen molar-refractivity contribution in [1.82, 2.24) is 0 Å². The van der Waals surface area contributed by atoms with Crippen molar-refractivity contribution in [3.05, 3.63) is 51.2 Å². The van der Waals surface area contributed by atoms with Crippen molar-refractivity contribution in [2.75, 3.05) is 5.32 Å². The Morgan fingerprint density at radius 2 is 2.00 bits per heavy atom. The second-order valence-corrected chi connectivity index (χ2v) is 4.86. The molecule has 0 amide bonds. The molecule has 0 aliphatic heterocycles. The van der Waals surface area contributed by atoms with Gasteiger partial charge >= 0.3 is 0 Å². The van der Waals surface area contributed by atoms with E-state index in [0.29, 0.717) is 6.54 Å². The van der Waals surface area contributed by atoms with Gasteiger partial charge in [-0.2, -0.15) is 0 Å². The van der Waals surface area contributed by atoms with Crippen LogP contribution in [0.3, 0.4) is 0 Å². The minimum absolute atomic E-state index is 0.216. The highest BCUT2D eigenvalue weighted by molar-refractivity contribution is 14.1. The van der Waals surface area contributed by atoms with E-state index in [4.69, 9.17) is 4.42 Å². The highest BCUT2D eigenvalue weighted by atomic mass is 127. The molecule has 0 radical (unpaired) electrons. The van der Waals surface area contributed by atoms with Gasteiger partial charge in [-0.3, -0.25) is 0 Å². The lowest BCUT2D eigenvalue weighted by molar-refractivity contribution is 0.476. The molecule has 0 aliphatic carbocycles. The van der Waals surface area contributed by atoms with E-state index >= 15 is 0 Å². The first-order valence-electron chi connectivity index (χ1n) is 5.45. The van der Waals surface area contributed by atoms with Crippen molar-refractivity contribution in [2.24, 2.45) is 0 Å². The van der Waals surface area contributed by atoms with E-state index in [2.05, 4.69) is 34.8 Å². The summed E-state index contributed by atoms with van der Waals surface area (Å²) < 4.78 is 19.4. The molecule has 0 bridgehead atoms. The Morgan fingerprint density at radius 1 is 1.24 bits per heavy atom. The Bertz CT molecular complexity index is 510. The standard InChI is InChI=1S/C13H13FINO/c1-2-10-4-5-11(17-10)8-16-13-6-3-9(14)7-12(13)15/h3-7,16H,2,8H2,1H3. The molecule has 2 nitrogen and oxygen atoms in total. The number of aryl methyl sites for hydroxylation is 1. The van der Waals surface area contributed by atoms with E-state index in [1.807, 2.05) is 12.1 Å². The van der Waals surface area contributed by atoms with Gasteiger partial charge in [-0.05, 0) is 52.9 Å². The second kappa shape index (κ2) is 5.53. The van der Waals surface area contributed by atoms with Gasteiger partial charge in [0.2, 0.25) is 0 Å². The third-order valence-corrected chi connectivity index (χ3v) is 3.34.